The van der Waals surface area contributed by atoms with Crippen LogP contribution in [0.5, 0.6) is 0 Å². The van der Waals surface area contributed by atoms with Crippen LogP contribution in [0.15, 0.2) is 0 Å². The zero-order valence-electron chi connectivity index (χ0n) is 8.50. The Balaban J connectivity index is 3.02. The normalized spacial score (nSPS) is 33.4. The van der Waals surface area contributed by atoms with E-state index in [4.69, 9.17) is 10.5 Å². The van der Waals surface area contributed by atoms with Gasteiger partial charge in [-0.3, -0.25) is 4.79 Å². The monoisotopic (exact) mass is 187 g/mol. The molecule has 1 aliphatic rings. The summed E-state index contributed by atoms with van der Waals surface area (Å²) in [6, 6.07) is 0. The number of carbonyl (C=O) groups excluding carboxylic acids is 1. The van der Waals surface area contributed by atoms with Crippen molar-refractivity contribution in [3.05, 3.63) is 0 Å². The van der Waals surface area contributed by atoms with E-state index in [1.807, 2.05) is 0 Å². The van der Waals surface area contributed by atoms with Crippen molar-refractivity contribution in [3.8, 4) is 0 Å². The molecule has 0 aliphatic carbocycles. The molecule has 2 unspecified atom stereocenters. The van der Waals surface area contributed by atoms with Crippen molar-refractivity contribution in [2.45, 2.75) is 45.1 Å². The van der Waals surface area contributed by atoms with Gasteiger partial charge in [-0.2, -0.15) is 0 Å². The van der Waals surface area contributed by atoms with Crippen molar-refractivity contribution < 1.29 is 14.6 Å². The molecule has 0 aromatic heterocycles. The number of carbonyl (C=O) groups is 1. The molecular formula is C9H17NO3. The second-order valence-electron chi connectivity index (χ2n) is 4.55. The number of aliphatic hydroxyl groups excluding tert-OH is 1. The Morgan fingerprint density at radius 1 is 1.46 bits per heavy atom. The number of hydrogen-bond donors (Lipinski definition) is 2. The second-order valence-corrected chi connectivity index (χ2v) is 4.55. The maximum absolute atomic E-state index is 11.7. The van der Waals surface area contributed by atoms with Crippen LogP contribution < -0.4 is 5.73 Å². The lowest BCUT2D eigenvalue weighted by Crippen LogP contribution is -2.44. The van der Waals surface area contributed by atoms with Gasteiger partial charge in [0.1, 0.15) is 11.8 Å². The predicted molar refractivity (Wildman–Crippen MR) is 47.9 cm³/mol. The Morgan fingerprint density at radius 3 is 2.08 bits per heavy atom. The minimum atomic E-state index is -1.15. The van der Waals surface area contributed by atoms with E-state index < -0.39 is 23.3 Å². The van der Waals surface area contributed by atoms with Crippen LogP contribution in [0.1, 0.15) is 27.7 Å². The number of rotatable bonds is 1. The van der Waals surface area contributed by atoms with Gasteiger partial charge in [0.25, 0.3) is 0 Å². The summed E-state index contributed by atoms with van der Waals surface area (Å²) in [4.78, 5) is 11.7. The molecule has 0 aromatic rings. The van der Waals surface area contributed by atoms with Crippen molar-refractivity contribution in [2.24, 2.45) is 11.7 Å². The lowest BCUT2D eigenvalue weighted by molar-refractivity contribution is -0.132. The third kappa shape index (κ3) is 1.61. The topological polar surface area (TPSA) is 72.6 Å². The van der Waals surface area contributed by atoms with Gasteiger partial charge in [-0.25, -0.2) is 0 Å². The first-order valence-corrected chi connectivity index (χ1v) is 4.36. The lowest BCUT2D eigenvalue weighted by atomic mass is 9.85. The fourth-order valence-corrected chi connectivity index (χ4v) is 2.03. The van der Waals surface area contributed by atoms with Crippen LogP contribution in [0.3, 0.4) is 0 Å². The molecule has 1 fully saturated rings. The average Bonchev–Trinajstić information content (AvgIpc) is 1.96. The molecule has 1 aliphatic heterocycles. The highest BCUT2D eigenvalue weighted by atomic mass is 16.5. The minimum Gasteiger partial charge on any atom is -0.378 e. The minimum absolute atomic E-state index is 0.132. The summed E-state index contributed by atoms with van der Waals surface area (Å²) in [7, 11) is 0. The molecule has 2 atom stereocenters. The van der Waals surface area contributed by atoms with Crippen LogP contribution in [-0.2, 0) is 9.53 Å². The molecule has 0 amide bonds. The third-order valence-corrected chi connectivity index (χ3v) is 2.48. The number of ketones is 1. The number of aliphatic hydroxyl groups is 1. The summed E-state index contributed by atoms with van der Waals surface area (Å²) in [6.45, 7) is 6.92. The second kappa shape index (κ2) is 2.77. The van der Waals surface area contributed by atoms with Gasteiger partial charge in [0.15, 0.2) is 5.78 Å². The van der Waals surface area contributed by atoms with Gasteiger partial charge in [0.2, 0.25) is 0 Å². The Labute approximate surface area is 78.1 Å². The molecule has 0 spiro atoms. The Bertz CT molecular complexity index is 233. The summed E-state index contributed by atoms with van der Waals surface area (Å²) in [6.07, 6.45) is -1.15. The SMILES string of the molecule is CC1(C)OC(C)(C)C(C(N)O)C1=O. The third-order valence-electron chi connectivity index (χ3n) is 2.48. The molecule has 0 aromatic carbocycles. The quantitative estimate of drug-likeness (QED) is 0.568. The van der Waals surface area contributed by atoms with Gasteiger partial charge >= 0.3 is 0 Å². The van der Waals surface area contributed by atoms with Gasteiger partial charge in [0.05, 0.1) is 11.5 Å². The molecule has 4 heteroatoms. The molecular weight excluding hydrogens is 170 g/mol. The molecule has 4 nitrogen and oxygen atoms in total. The molecule has 1 heterocycles. The van der Waals surface area contributed by atoms with Crippen molar-refractivity contribution >= 4 is 5.78 Å². The van der Waals surface area contributed by atoms with E-state index in [1.165, 1.54) is 0 Å². The molecule has 0 saturated carbocycles. The first kappa shape index (κ1) is 10.6. The van der Waals surface area contributed by atoms with E-state index >= 15 is 0 Å². The Morgan fingerprint density at radius 2 is 1.92 bits per heavy atom. The summed E-state index contributed by atoms with van der Waals surface area (Å²) in [5, 5.41) is 9.27. The van der Waals surface area contributed by atoms with E-state index in [-0.39, 0.29) is 5.78 Å². The Hall–Kier alpha value is -0.450. The van der Waals surface area contributed by atoms with Crippen LogP contribution in [0.25, 0.3) is 0 Å². The van der Waals surface area contributed by atoms with Gasteiger partial charge < -0.3 is 15.6 Å². The van der Waals surface area contributed by atoms with Gasteiger partial charge in [0, 0.05) is 0 Å². The van der Waals surface area contributed by atoms with Crippen LogP contribution in [-0.4, -0.2) is 28.3 Å². The van der Waals surface area contributed by atoms with Crippen LogP contribution in [0.2, 0.25) is 0 Å². The van der Waals surface area contributed by atoms with Crippen molar-refractivity contribution in [1.29, 1.82) is 0 Å². The maximum atomic E-state index is 11.7. The number of hydrogen-bond acceptors (Lipinski definition) is 4. The summed E-state index contributed by atoms with van der Waals surface area (Å²) >= 11 is 0. The summed E-state index contributed by atoms with van der Waals surface area (Å²) in [5.74, 6) is -0.769. The number of ether oxygens (including phenoxy) is 1. The van der Waals surface area contributed by atoms with E-state index in [1.54, 1.807) is 27.7 Å². The largest absolute Gasteiger partial charge is 0.378 e. The first-order chi connectivity index (χ1) is 5.68. The van der Waals surface area contributed by atoms with E-state index in [9.17, 15) is 9.90 Å². The lowest BCUT2D eigenvalue weighted by Gasteiger charge is -2.26. The zero-order chi connectivity index (χ0) is 10.4. The predicted octanol–water partition coefficient (Wildman–Crippen LogP) is 0.0362. The maximum Gasteiger partial charge on any atom is 0.173 e. The van der Waals surface area contributed by atoms with E-state index in [2.05, 4.69) is 0 Å². The molecule has 1 rings (SSSR count). The van der Waals surface area contributed by atoms with Crippen LogP contribution in [0.4, 0.5) is 0 Å². The molecule has 13 heavy (non-hydrogen) atoms. The number of nitrogens with two attached hydrogens (primary N) is 1. The van der Waals surface area contributed by atoms with Gasteiger partial charge in [-0.15, -0.1) is 0 Å². The molecule has 0 bridgehead atoms. The van der Waals surface area contributed by atoms with Gasteiger partial charge in [-0.1, -0.05) is 0 Å². The Kier molecular flexibility index (Phi) is 2.26. The zero-order valence-corrected chi connectivity index (χ0v) is 8.50. The van der Waals surface area contributed by atoms with Gasteiger partial charge in [-0.05, 0) is 27.7 Å². The van der Waals surface area contributed by atoms with E-state index in [0.29, 0.717) is 0 Å². The highest BCUT2D eigenvalue weighted by Gasteiger charge is 2.55. The highest BCUT2D eigenvalue weighted by molar-refractivity contribution is 5.92. The van der Waals surface area contributed by atoms with Crippen molar-refractivity contribution in [3.63, 3.8) is 0 Å². The fourth-order valence-electron chi connectivity index (χ4n) is 2.03. The van der Waals surface area contributed by atoms with E-state index in [0.717, 1.165) is 0 Å². The average molecular weight is 187 g/mol. The standard InChI is InChI=1S/C9H17NO3/c1-8(2)5(7(10)12)6(11)9(3,4)13-8/h5,7,12H,10H2,1-4H3. The molecule has 1 saturated heterocycles. The fraction of sp³-hybridized carbons (Fsp3) is 0.889. The molecule has 3 N–H and O–H groups in total. The first-order valence-electron chi connectivity index (χ1n) is 4.36. The van der Waals surface area contributed by atoms with Crippen LogP contribution in [0, 0.1) is 5.92 Å². The summed E-state index contributed by atoms with van der Waals surface area (Å²) in [5.41, 5.74) is 3.82. The molecule has 0 radical (unpaired) electrons. The van der Waals surface area contributed by atoms with Crippen LogP contribution >= 0.6 is 0 Å². The van der Waals surface area contributed by atoms with Crippen molar-refractivity contribution in [2.75, 3.05) is 0 Å². The van der Waals surface area contributed by atoms with Crippen molar-refractivity contribution in [1.82, 2.24) is 0 Å². The number of Topliss-reactive ketones (excluding diaryl/α,β-unsaturated/α-hetero) is 1. The summed E-state index contributed by atoms with van der Waals surface area (Å²) < 4.78 is 5.53. The highest BCUT2D eigenvalue weighted by Crippen LogP contribution is 2.39. The molecule has 76 valence electrons. The smallest absolute Gasteiger partial charge is 0.173 e.